The lowest BCUT2D eigenvalue weighted by molar-refractivity contribution is -0.143. The van der Waals surface area contributed by atoms with Crippen LogP contribution in [0.15, 0.2) is 36.4 Å². The number of aromatic nitrogens is 1. The van der Waals surface area contributed by atoms with Crippen molar-refractivity contribution in [2.45, 2.75) is 19.8 Å². The monoisotopic (exact) mass is 229 g/mol. The van der Waals surface area contributed by atoms with Crippen molar-refractivity contribution in [2.24, 2.45) is 0 Å². The zero-order valence-electron chi connectivity index (χ0n) is 9.85. The van der Waals surface area contributed by atoms with E-state index in [4.69, 9.17) is 4.74 Å². The summed E-state index contributed by atoms with van der Waals surface area (Å²) in [6.07, 6.45) is 1.02. The van der Waals surface area contributed by atoms with Crippen molar-refractivity contribution in [2.75, 3.05) is 6.61 Å². The van der Waals surface area contributed by atoms with Crippen LogP contribution >= 0.6 is 0 Å². The van der Waals surface area contributed by atoms with Crippen LogP contribution in [0.2, 0.25) is 0 Å². The van der Waals surface area contributed by atoms with Crippen molar-refractivity contribution >= 4 is 16.9 Å². The minimum absolute atomic E-state index is 0.164. The number of aryl methyl sites for hydroxylation is 1. The SMILES string of the molecule is CCOC(=O)CCc1ccc2ccccc2n1. The number of nitrogens with zero attached hydrogens (tertiary/aromatic N) is 1. The third kappa shape index (κ3) is 3.03. The number of hydrogen-bond acceptors (Lipinski definition) is 3. The summed E-state index contributed by atoms with van der Waals surface area (Å²) >= 11 is 0. The lowest BCUT2D eigenvalue weighted by Gasteiger charge is -2.03. The quantitative estimate of drug-likeness (QED) is 0.757. The van der Waals surface area contributed by atoms with Crippen LogP contribution in [0.1, 0.15) is 19.0 Å². The highest BCUT2D eigenvalue weighted by atomic mass is 16.5. The number of esters is 1. The predicted octanol–water partition coefficient (Wildman–Crippen LogP) is 2.73. The number of para-hydroxylation sites is 1. The van der Waals surface area contributed by atoms with Crippen LogP contribution in [0.4, 0.5) is 0 Å². The summed E-state index contributed by atoms with van der Waals surface area (Å²) in [5.41, 5.74) is 1.89. The Balaban J connectivity index is 2.06. The molecule has 0 spiro atoms. The number of hydrogen-bond donors (Lipinski definition) is 0. The summed E-state index contributed by atoms with van der Waals surface area (Å²) in [5.74, 6) is -0.164. The number of benzene rings is 1. The number of rotatable bonds is 4. The summed E-state index contributed by atoms with van der Waals surface area (Å²) in [6, 6.07) is 11.9. The first kappa shape index (κ1) is 11.6. The summed E-state index contributed by atoms with van der Waals surface area (Å²) in [7, 11) is 0. The Morgan fingerprint density at radius 3 is 2.88 bits per heavy atom. The number of carbonyl (C=O) groups is 1. The molecule has 0 saturated carbocycles. The maximum atomic E-state index is 11.2. The van der Waals surface area contributed by atoms with Crippen LogP contribution < -0.4 is 0 Å². The molecular formula is C14H15NO2. The van der Waals surface area contributed by atoms with Gasteiger partial charge in [-0.15, -0.1) is 0 Å². The zero-order chi connectivity index (χ0) is 12.1. The molecule has 0 radical (unpaired) electrons. The predicted molar refractivity (Wildman–Crippen MR) is 66.7 cm³/mol. The number of carbonyl (C=O) groups excluding carboxylic acids is 1. The molecule has 0 amide bonds. The molecule has 3 nitrogen and oxygen atoms in total. The van der Waals surface area contributed by atoms with Gasteiger partial charge in [-0.25, -0.2) is 0 Å². The van der Waals surface area contributed by atoms with Gasteiger partial charge in [0, 0.05) is 17.5 Å². The Bertz CT molecular complexity index is 522. The number of ether oxygens (including phenoxy) is 1. The Kier molecular flexibility index (Phi) is 3.70. The average Bonchev–Trinajstić information content (AvgIpc) is 2.36. The normalized spacial score (nSPS) is 10.4. The highest BCUT2D eigenvalue weighted by Crippen LogP contribution is 2.12. The minimum Gasteiger partial charge on any atom is -0.466 e. The van der Waals surface area contributed by atoms with E-state index in [0.717, 1.165) is 16.6 Å². The van der Waals surface area contributed by atoms with E-state index in [2.05, 4.69) is 4.98 Å². The summed E-state index contributed by atoms with van der Waals surface area (Å²) in [5, 5.41) is 1.12. The van der Waals surface area contributed by atoms with Gasteiger partial charge in [0.05, 0.1) is 18.5 Å². The van der Waals surface area contributed by atoms with Gasteiger partial charge in [0.1, 0.15) is 0 Å². The van der Waals surface area contributed by atoms with Crippen LogP contribution in [0.25, 0.3) is 10.9 Å². The van der Waals surface area contributed by atoms with Gasteiger partial charge in [0.25, 0.3) is 0 Å². The van der Waals surface area contributed by atoms with E-state index in [0.29, 0.717) is 19.4 Å². The Morgan fingerprint density at radius 1 is 1.24 bits per heavy atom. The molecular weight excluding hydrogens is 214 g/mol. The smallest absolute Gasteiger partial charge is 0.306 e. The highest BCUT2D eigenvalue weighted by molar-refractivity contribution is 5.78. The minimum atomic E-state index is -0.164. The maximum absolute atomic E-state index is 11.2. The standard InChI is InChI=1S/C14H15NO2/c1-2-17-14(16)10-9-12-8-7-11-5-3-4-6-13(11)15-12/h3-8H,2,9-10H2,1H3. The fraction of sp³-hybridized carbons (Fsp3) is 0.286. The first-order valence-electron chi connectivity index (χ1n) is 5.80. The third-order valence-corrected chi connectivity index (χ3v) is 2.55. The molecule has 0 aliphatic carbocycles. The van der Waals surface area contributed by atoms with Gasteiger partial charge in [0.15, 0.2) is 0 Å². The molecule has 1 heterocycles. The van der Waals surface area contributed by atoms with Gasteiger partial charge in [-0.1, -0.05) is 24.3 Å². The zero-order valence-corrected chi connectivity index (χ0v) is 9.85. The van der Waals surface area contributed by atoms with Gasteiger partial charge < -0.3 is 4.74 Å². The second kappa shape index (κ2) is 5.43. The van der Waals surface area contributed by atoms with Crippen molar-refractivity contribution in [3.05, 3.63) is 42.1 Å². The van der Waals surface area contributed by atoms with Crippen LogP contribution in [0.3, 0.4) is 0 Å². The Hall–Kier alpha value is -1.90. The molecule has 0 fully saturated rings. The third-order valence-electron chi connectivity index (χ3n) is 2.55. The van der Waals surface area contributed by atoms with E-state index >= 15 is 0 Å². The molecule has 1 aromatic heterocycles. The molecule has 0 aliphatic heterocycles. The molecule has 0 N–H and O–H groups in total. The fourth-order valence-corrected chi connectivity index (χ4v) is 1.71. The molecule has 2 rings (SSSR count). The summed E-state index contributed by atoms with van der Waals surface area (Å²) in [4.78, 5) is 15.7. The van der Waals surface area contributed by atoms with Crippen molar-refractivity contribution < 1.29 is 9.53 Å². The van der Waals surface area contributed by atoms with Crippen molar-refractivity contribution in [3.8, 4) is 0 Å². The van der Waals surface area contributed by atoms with Gasteiger partial charge >= 0.3 is 5.97 Å². The maximum Gasteiger partial charge on any atom is 0.306 e. The van der Waals surface area contributed by atoms with Crippen LogP contribution in [-0.2, 0) is 16.0 Å². The molecule has 0 atom stereocenters. The van der Waals surface area contributed by atoms with Crippen molar-refractivity contribution in [1.82, 2.24) is 4.98 Å². The second-order valence-electron chi connectivity index (χ2n) is 3.80. The molecule has 0 aliphatic rings. The van der Waals surface area contributed by atoms with Gasteiger partial charge in [-0.3, -0.25) is 9.78 Å². The van der Waals surface area contributed by atoms with E-state index in [1.807, 2.05) is 43.3 Å². The van der Waals surface area contributed by atoms with Crippen LogP contribution in [0, 0.1) is 0 Å². The Morgan fingerprint density at radius 2 is 2.06 bits per heavy atom. The first-order valence-corrected chi connectivity index (χ1v) is 5.80. The molecule has 88 valence electrons. The molecule has 0 saturated heterocycles. The van der Waals surface area contributed by atoms with Gasteiger partial charge in [-0.2, -0.15) is 0 Å². The fourth-order valence-electron chi connectivity index (χ4n) is 1.71. The molecule has 17 heavy (non-hydrogen) atoms. The van der Waals surface area contributed by atoms with Crippen LogP contribution in [0.5, 0.6) is 0 Å². The van der Waals surface area contributed by atoms with Crippen LogP contribution in [-0.4, -0.2) is 17.6 Å². The van der Waals surface area contributed by atoms with E-state index in [1.54, 1.807) is 0 Å². The number of fused-ring (bicyclic) bond motifs is 1. The molecule has 0 unspecified atom stereocenters. The average molecular weight is 229 g/mol. The lowest BCUT2D eigenvalue weighted by atomic mass is 10.1. The van der Waals surface area contributed by atoms with Crippen molar-refractivity contribution in [3.63, 3.8) is 0 Å². The molecule has 3 heteroatoms. The molecule has 0 bridgehead atoms. The first-order chi connectivity index (χ1) is 8.29. The largest absolute Gasteiger partial charge is 0.466 e. The highest BCUT2D eigenvalue weighted by Gasteiger charge is 2.04. The van der Waals surface area contributed by atoms with E-state index < -0.39 is 0 Å². The molecule has 1 aromatic carbocycles. The second-order valence-corrected chi connectivity index (χ2v) is 3.80. The van der Waals surface area contributed by atoms with E-state index in [9.17, 15) is 4.79 Å². The van der Waals surface area contributed by atoms with E-state index in [-0.39, 0.29) is 5.97 Å². The summed E-state index contributed by atoms with van der Waals surface area (Å²) < 4.78 is 4.88. The topological polar surface area (TPSA) is 39.2 Å². The van der Waals surface area contributed by atoms with Gasteiger partial charge in [-0.05, 0) is 19.1 Å². The number of pyridine rings is 1. The van der Waals surface area contributed by atoms with Gasteiger partial charge in [0.2, 0.25) is 0 Å². The van der Waals surface area contributed by atoms with E-state index in [1.165, 1.54) is 0 Å². The molecule has 2 aromatic rings. The summed E-state index contributed by atoms with van der Waals surface area (Å²) in [6.45, 7) is 2.25. The van der Waals surface area contributed by atoms with Crippen molar-refractivity contribution in [1.29, 1.82) is 0 Å². The lowest BCUT2D eigenvalue weighted by Crippen LogP contribution is -2.05. The Labute approximate surface area is 100 Å².